The first-order valence-electron chi connectivity index (χ1n) is 3.90. The van der Waals surface area contributed by atoms with Gasteiger partial charge in [0.2, 0.25) is 5.13 Å². The van der Waals surface area contributed by atoms with E-state index in [2.05, 4.69) is 15.5 Å². The number of nitrogens with zero attached hydrogens (tertiary/aromatic N) is 2. The van der Waals surface area contributed by atoms with Crippen LogP contribution >= 0.6 is 11.3 Å². The van der Waals surface area contributed by atoms with Crippen LogP contribution in [0.15, 0.2) is 0 Å². The molecule has 0 amide bonds. The van der Waals surface area contributed by atoms with Crippen molar-refractivity contribution in [1.29, 1.82) is 0 Å². The smallest absolute Gasteiger partial charge is 0.205 e. The van der Waals surface area contributed by atoms with Gasteiger partial charge in [0.05, 0.1) is 0 Å². The number of aryl methyl sites for hydroxylation is 1. The number of aliphatic hydroxyl groups excluding tert-OH is 1. The molecule has 0 aliphatic carbocycles. The van der Waals surface area contributed by atoms with Gasteiger partial charge in [-0.1, -0.05) is 11.3 Å². The molecular weight excluding hydrogens is 174 g/mol. The minimum atomic E-state index is 0.200. The second-order valence-corrected chi connectivity index (χ2v) is 3.87. The van der Waals surface area contributed by atoms with Gasteiger partial charge < -0.3 is 10.4 Å². The van der Waals surface area contributed by atoms with Gasteiger partial charge in [-0.25, -0.2) is 0 Å². The van der Waals surface area contributed by atoms with E-state index in [0.29, 0.717) is 0 Å². The van der Waals surface area contributed by atoms with Crippen LogP contribution in [-0.4, -0.2) is 28.0 Å². The summed E-state index contributed by atoms with van der Waals surface area (Å²) >= 11 is 1.53. The maximum absolute atomic E-state index is 8.65. The first-order chi connectivity index (χ1) is 5.72. The molecule has 68 valence electrons. The van der Waals surface area contributed by atoms with E-state index >= 15 is 0 Å². The highest BCUT2D eigenvalue weighted by atomic mass is 32.1. The standard InChI is InChI=1S/C7H13N3OS/c1-5(3-4-11)8-7-10-9-6(2)12-7/h5,11H,3-4H2,1-2H3,(H,8,10). The number of hydrogen-bond donors (Lipinski definition) is 2. The number of anilines is 1. The molecule has 1 aromatic heterocycles. The fourth-order valence-electron chi connectivity index (χ4n) is 0.831. The van der Waals surface area contributed by atoms with E-state index in [4.69, 9.17) is 5.11 Å². The summed E-state index contributed by atoms with van der Waals surface area (Å²) in [5.74, 6) is 0. The fourth-order valence-corrected chi connectivity index (χ4v) is 1.53. The van der Waals surface area contributed by atoms with Crippen LogP contribution in [0, 0.1) is 6.92 Å². The highest BCUT2D eigenvalue weighted by Crippen LogP contribution is 2.15. The number of rotatable bonds is 4. The topological polar surface area (TPSA) is 58.0 Å². The molecule has 1 aromatic rings. The molecule has 2 N–H and O–H groups in total. The van der Waals surface area contributed by atoms with Crippen LogP contribution in [0.25, 0.3) is 0 Å². The van der Waals surface area contributed by atoms with Gasteiger partial charge in [-0.05, 0) is 20.3 Å². The molecule has 0 saturated carbocycles. The van der Waals surface area contributed by atoms with E-state index in [9.17, 15) is 0 Å². The van der Waals surface area contributed by atoms with Crippen LogP contribution in [-0.2, 0) is 0 Å². The zero-order valence-corrected chi connectivity index (χ0v) is 8.06. The summed E-state index contributed by atoms with van der Waals surface area (Å²) in [4.78, 5) is 0. The van der Waals surface area contributed by atoms with Crippen molar-refractivity contribution >= 4 is 16.5 Å². The predicted octanol–water partition coefficient (Wildman–Crippen LogP) is 1.03. The molecule has 0 aromatic carbocycles. The van der Waals surface area contributed by atoms with Crippen LogP contribution in [0.1, 0.15) is 18.4 Å². The second kappa shape index (κ2) is 4.37. The van der Waals surface area contributed by atoms with Gasteiger partial charge in [0.15, 0.2) is 0 Å². The summed E-state index contributed by atoms with van der Waals surface area (Å²) in [7, 11) is 0. The number of nitrogens with one attached hydrogen (secondary N) is 1. The number of aliphatic hydroxyl groups is 1. The molecule has 0 aliphatic rings. The summed E-state index contributed by atoms with van der Waals surface area (Å²) in [6.45, 7) is 4.12. The van der Waals surface area contributed by atoms with Gasteiger partial charge in [0, 0.05) is 12.6 Å². The van der Waals surface area contributed by atoms with Crippen LogP contribution in [0.3, 0.4) is 0 Å². The molecule has 12 heavy (non-hydrogen) atoms. The van der Waals surface area contributed by atoms with Crippen molar-refractivity contribution < 1.29 is 5.11 Å². The van der Waals surface area contributed by atoms with Gasteiger partial charge in [-0.15, -0.1) is 10.2 Å². The van der Waals surface area contributed by atoms with Crippen molar-refractivity contribution in [1.82, 2.24) is 10.2 Å². The van der Waals surface area contributed by atoms with Crippen molar-refractivity contribution in [2.45, 2.75) is 26.3 Å². The van der Waals surface area contributed by atoms with Crippen molar-refractivity contribution in [3.63, 3.8) is 0 Å². The first-order valence-corrected chi connectivity index (χ1v) is 4.71. The summed E-state index contributed by atoms with van der Waals surface area (Å²) in [5.41, 5.74) is 0. The highest BCUT2D eigenvalue weighted by Gasteiger charge is 2.04. The second-order valence-electron chi connectivity index (χ2n) is 2.68. The van der Waals surface area contributed by atoms with E-state index in [1.807, 2.05) is 13.8 Å². The Morgan fingerprint density at radius 3 is 2.83 bits per heavy atom. The van der Waals surface area contributed by atoms with Crippen LogP contribution < -0.4 is 5.32 Å². The quantitative estimate of drug-likeness (QED) is 0.739. The predicted molar refractivity (Wildman–Crippen MR) is 49.4 cm³/mol. The lowest BCUT2D eigenvalue weighted by Gasteiger charge is -2.09. The lowest BCUT2D eigenvalue weighted by molar-refractivity contribution is 0.282. The fraction of sp³-hybridized carbons (Fsp3) is 0.714. The molecule has 1 rings (SSSR count). The minimum absolute atomic E-state index is 0.200. The third-order valence-corrected chi connectivity index (χ3v) is 2.23. The number of hydrogen-bond acceptors (Lipinski definition) is 5. The minimum Gasteiger partial charge on any atom is -0.396 e. The molecular formula is C7H13N3OS. The van der Waals surface area contributed by atoms with Crippen molar-refractivity contribution in [3.8, 4) is 0 Å². The van der Waals surface area contributed by atoms with Crippen molar-refractivity contribution in [2.24, 2.45) is 0 Å². The largest absolute Gasteiger partial charge is 0.396 e. The molecule has 1 atom stereocenters. The maximum Gasteiger partial charge on any atom is 0.205 e. The monoisotopic (exact) mass is 187 g/mol. The Morgan fingerprint density at radius 2 is 2.33 bits per heavy atom. The third-order valence-electron chi connectivity index (χ3n) is 1.46. The van der Waals surface area contributed by atoms with Crippen molar-refractivity contribution in [2.75, 3.05) is 11.9 Å². The molecule has 0 fully saturated rings. The van der Waals surface area contributed by atoms with E-state index in [0.717, 1.165) is 16.6 Å². The Hall–Kier alpha value is -0.680. The zero-order chi connectivity index (χ0) is 8.97. The average Bonchev–Trinajstić information content (AvgIpc) is 2.36. The first kappa shape index (κ1) is 9.41. The van der Waals surface area contributed by atoms with Crippen molar-refractivity contribution in [3.05, 3.63) is 5.01 Å². The lowest BCUT2D eigenvalue weighted by atomic mass is 10.2. The summed E-state index contributed by atoms with van der Waals surface area (Å²) in [6.07, 6.45) is 0.735. The van der Waals surface area contributed by atoms with E-state index in [1.165, 1.54) is 11.3 Å². The molecule has 0 saturated heterocycles. The Morgan fingerprint density at radius 1 is 1.58 bits per heavy atom. The molecule has 4 nitrogen and oxygen atoms in total. The molecule has 1 unspecified atom stereocenters. The Balaban J connectivity index is 2.41. The van der Waals surface area contributed by atoms with Crippen LogP contribution in [0.2, 0.25) is 0 Å². The summed E-state index contributed by atoms with van der Waals surface area (Å²) < 4.78 is 0. The van der Waals surface area contributed by atoms with E-state index < -0.39 is 0 Å². The van der Waals surface area contributed by atoms with Gasteiger partial charge in [-0.3, -0.25) is 0 Å². The number of aromatic nitrogens is 2. The van der Waals surface area contributed by atoms with Crippen LogP contribution in [0.5, 0.6) is 0 Å². The SMILES string of the molecule is Cc1nnc(NC(C)CCO)s1. The van der Waals surface area contributed by atoms with Gasteiger partial charge in [-0.2, -0.15) is 0 Å². The normalized spacial score (nSPS) is 12.9. The molecule has 0 aliphatic heterocycles. The third kappa shape index (κ3) is 2.75. The van der Waals surface area contributed by atoms with Gasteiger partial charge in [0.1, 0.15) is 5.01 Å². The summed E-state index contributed by atoms with van der Waals surface area (Å²) in [5, 5.41) is 21.4. The zero-order valence-electron chi connectivity index (χ0n) is 7.24. The Bertz CT molecular complexity index is 238. The molecule has 5 heteroatoms. The molecule has 0 spiro atoms. The molecule has 0 radical (unpaired) electrons. The molecule has 1 heterocycles. The average molecular weight is 187 g/mol. The maximum atomic E-state index is 8.65. The van der Waals surface area contributed by atoms with E-state index in [-0.39, 0.29) is 12.6 Å². The Labute approximate surface area is 75.6 Å². The van der Waals surface area contributed by atoms with Gasteiger partial charge in [0.25, 0.3) is 0 Å². The van der Waals surface area contributed by atoms with Crippen LogP contribution in [0.4, 0.5) is 5.13 Å². The van der Waals surface area contributed by atoms with Gasteiger partial charge >= 0.3 is 0 Å². The molecule has 0 bridgehead atoms. The highest BCUT2D eigenvalue weighted by molar-refractivity contribution is 7.15. The lowest BCUT2D eigenvalue weighted by Crippen LogP contribution is -2.16. The van der Waals surface area contributed by atoms with E-state index in [1.54, 1.807) is 0 Å². The Kier molecular flexibility index (Phi) is 3.43. The summed E-state index contributed by atoms with van der Waals surface area (Å²) in [6, 6.07) is 0.252.